The van der Waals surface area contributed by atoms with E-state index in [0.717, 1.165) is 42.8 Å². The lowest BCUT2D eigenvalue weighted by Crippen LogP contribution is -2.44. The summed E-state index contributed by atoms with van der Waals surface area (Å²) in [5.41, 5.74) is 7.22. The van der Waals surface area contributed by atoms with Gasteiger partial charge in [-0.25, -0.2) is 0 Å². The monoisotopic (exact) mass is 376 g/mol. The molecule has 1 amide bonds. The molecule has 146 valence electrons. The second-order valence-electron chi connectivity index (χ2n) is 7.97. The Balaban J connectivity index is 1.52. The van der Waals surface area contributed by atoms with Crippen LogP contribution >= 0.6 is 0 Å². The zero-order valence-electron chi connectivity index (χ0n) is 17.1. The average Bonchev–Trinajstić information content (AvgIpc) is 3.07. The number of hydrogen-bond donors (Lipinski definition) is 2. The van der Waals surface area contributed by atoms with Crippen LogP contribution < -0.4 is 10.2 Å². The standard InChI is InChI=1S/C23H28N4O/c1-15-11-16(2)19-14-21(25-20(19)12-15)23(28)24-18-5-6-22(17(3)13-18)27-9-7-26(4)8-10-27/h5-6,11-14,25H,7-10H2,1-4H3,(H,24,28). The Kier molecular flexibility index (Phi) is 4.85. The highest BCUT2D eigenvalue weighted by atomic mass is 16.1. The second kappa shape index (κ2) is 7.32. The smallest absolute Gasteiger partial charge is 0.272 e. The van der Waals surface area contributed by atoms with Crippen LogP contribution in [0.2, 0.25) is 0 Å². The molecule has 0 spiro atoms. The average molecular weight is 377 g/mol. The molecule has 2 N–H and O–H groups in total. The summed E-state index contributed by atoms with van der Waals surface area (Å²) in [4.78, 5) is 20.8. The van der Waals surface area contributed by atoms with E-state index in [4.69, 9.17) is 0 Å². The maximum Gasteiger partial charge on any atom is 0.272 e. The van der Waals surface area contributed by atoms with Crippen molar-refractivity contribution in [2.24, 2.45) is 0 Å². The summed E-state index contributed by atoms with van der Waals surface area (Å²) < 4.78 is 0. The molecule has 2 heterocycles. The number of aromatic amines is 1. The van der Waals surface area contributed by atoms with Gasteiger partial charge in [-0.1, -0.05) is 6.07 Å². The van der Waals surface area contributed by atoms with E-state index in [1.54, 1.807) is 0 Å². The summed E-state index contributed by atoms with van der Waals surface area (Å²) in [6.45, 7) is 10.5. The first kappa shape index (κ1) is 18.6. The SMILES string of the molecule is Cc1cc(C)c2cc(C(=O)Nc3ccc(N4CCN(C)CC4)c(C)c3)[nH]c2c1. The topological polar surface area (TPSA) is 51.4 Å². The number of hydrogen-bond acceptors (Lipinski definition) is 3. The van der Waals surface area contributed by atoms with Crippen molar-refractivity contribution in [3.05, 3.63) is 58.8 Å². The minimum Gasteiger partial charge on any atom is -0.369 e. The van der Waals surface area contributed by atoms with Crippen LogP contribution in [0.3, 0.4) is 0 Å². The van der Waals surface area contributed by atoms with Gasteiger partial charge in [0.2, 0.25) is 0 Å². The molecule has 2 aromatic carbocycles. The molecule has 0 saturated carbocycles. The fourth-order valence-corrected chi connectivity index (χ4v) is 4.06. The van der Waals surface area contributed by atoms with Gasteiger partial charge in [-0.3, -0.25) is 4.79 Å². The lowest BCUT2D eigenvalue weighted by atomic mass is 10.1. The second-order valence-corrected chi connectivity index (χ2v) is 7.97. The number of aromatic nitrogens is 1. The van der Waals surface area contributed by atoms with E-state index in [1.165, 1.54) is 22.4 Å². The molecule has 1 saturated heterocycles. The molecule has 0 bridgehead atoms. The molecule has 1 aliphatic heterocycles. The molecule has 0 aliphatic carbocycles. The number of anilines is 2. The Hall–Kier alpha value is -2.79. The Morgan fingerprint density at radius 2 is 1.71 bits per heavy atom. The summed E-state index contributed by atoms with van der Waals surface area (Å²) in [5, 5.41) is 4.13. The van der Waals surface area contributed by atoms with E-state index < -0.39 is 0 Å². The van der Waals surface area contributed by atoms with Crippen LogP contribution in [0.1, 0.15) is 27.2 Å². The van der Waals surface area contributed by atoms with Crippen LogP contribution in [-0.2, 0) is 0 Å². The summed E-state index contributed by atoms with van der Waals surface area (Å²) in [6.07, 6.45) is 0. The normalized spacial score (nSPS) is 15.2. The Labute approximate surface area is 166 Å². The number of likely N-dealkylation sites (N-methyl/N-ethyl adjacent to an activating group) is 1. The Morgan fingerprint density at radius 3 is 2.43 bits per heavy atom. The van der Waals surface area contributed by atoms with E-state index in [2.05, 4.69) is 72.2 Å². The first-order valence-corrected chi connectivity index (χ1v) is 9.86. The number of nitrogens with zero attached hydrogens (tertiary/aromatic N) is 2. The number of amides is 1. The molecule has 0 unspecified atom stereocenters. The number of aryl methyl sites for hydroxylation is 3. The van der Waals surface area contributed by atoms with Gasteiger partial charge in [0.05, 0.1) is 0 Å². The molecule has 28 heavy (non-hydrogen) atoms. The first-order chi connectivity index (χ1) is 13.4. The third-order valence-corrected chi connectivity index (χ3v) is 5.63. The highest BCUT2D eigenvalue weighted by molar-refractivity contribution is 6.06. The minimum absolute atomic E-state index is 0.111. The molecular weight excluding hydrogens is 348 g/mol. The third kappa shape index (κ3) is 3.62. The molecule has 0 atom stereocenters. The van der Waals surface area contributed by atoms with Crippen molar-refractivity contribution in [1.82, 2.24) is 9.88 Å². The van der Waals surface area contributed by atoms with Gasteiger partial charge in [0.25, 0.3) is 5.91 Å². The number of piperazine rings is 1. The summed E-state index contributed by atoms with van der Waals surface area (Å²) >= 11 is 0. The predicted molar refractivity (Wildman–Crippen MR) is 117 cm³/mol. The van der Waals surface area contributed by atoms with Gasteiger partial charge in [0.15, 0.2) is 0 Å². The fourth-order valence-electron chi connectivity index (χ4n) is 4.06. The predicted octanol–water partition coefficient (Wildman–Crippen LogP) is 4.10. The van der Waals surface area contributed by atoms with Crippen molar-refractivity contribution < 1.29 is 4.79 Å². The van der Waals surface area contributed by atoms with Crippen molar-refractivity contribution in [1.29, 1.82) is 0 Å². The zero-order chi connectivity index (χ0) is 19.8. The molecule has 5 nitrogen and oxygen atoms in total. The Morgan fingerprint density at radius 1 is 0.964 bits per heavy atom. The number of fused-ring (bicyclic) bond motifs is 1. The van der Waals surface area contributed by atoms with Gasteiger partial charge < -0.3 is 20.1 Å². The van der Waals surface area contributed by atoms with Gasteiger partial charge in [0, 0.05) is 48.5 Å². The van der Waals surface area contributed by atoms with E-state index in [0.29, 0.717) is 5.69 Å². The van der Waals surface area contributed by atoms with Crippen LogP contribution in [0.4, 0.5) is 11.4 Å². The van der Waals surface area contributed by atoms with Crippen molar-refractivity contribution in [3.8, 4) is 0 Å². The molecule has 1 fully saturated rings. The van der Waals surface area contributed by atoms with Gasteiger partial charge in [-0.15, -0.1) is 0 Å². The largest absolute Gasteiger partial charge is 0.369 e. The first-order valence-electron chi connectivity index (χ1n) is 9.86. The minimum atomic E-state index is -0.111. The van der Waals surface area contributed by atoms with E-state index in [1.807, 2.05) is 12.1 Å². The molecule has 1 aliphatic rings. The van der Waals surface area contributed by atoms with Crippen molar-refractivity contribution in [3.63, 3.8) is 0 Å². The van der Waals surface area contributed by atoms with Crippen molar-refractivity contribution >= 4 is 28.2 Å². The molecular formula is C23H28N4O. The van der Waals surface area contributed by atoms with Crippen LogP contribution in [-0.4, -0.2) is 49.0 Å². The van der Waals surface area contributed by atoms with Gasteiger partial charge in [-0.2, -0.15) is 0 Å². The van der Waals surface area contributed by atoms with Gasteiger partial charge in [0.1, 0.15) is 5.69 Å². The zero-order valence-corrected chi connectivity index (χ0v) is 17.1. The molecule has 4 rings (SSSR count). The third-order valence-electron chi connectivity index (χ3n) is 5.63. The van der Waals surface area contributed by atoms with E-state index in [-0.39, 0.29) is 5.91 Å². The summed E-state index contributed by atoms with van der Waals surface area (Å²) in [5.74, 6) is -0.111. The highest BCUT2D eigenvalue weighted by Crippen LogP contribution is 2.26. The quantitative estimate of drug-likeness (QED) is 0.724. The number of carbonyl (C=O) groups excluding carboxylic acids is 1. The molecule has 3 aromatic rings. The Bertz CT molecular complexity index is 1030. The fraction of sp³-hybridized carbons (Fsp3) is 0.348. The van der Waals surface area contributed by atoms with Crippen LogP contribution in [0.5, 0.6) is 0 Å². The lowest BCUT2D eigenvalue weighted by molar-refractivity contribution is 0.102. The summed E-state index contributed by atoms with van der Waals surface area (Å²) in [7, 11) is 2.16. The van der Waals surface area contributed by atoms with Crippen molar-refractivity contribution in [2.45, 2.75) is 20.8 Å². The van der Waals surface area contributed by atoms with E-state index >= 15 is 0 Å². The van der Waals surface area contributed by atoms with E-state index in [9.17, 15) is 4.79 Å². The maximum atomic E-state index is 12.8. The highest BCUT2D eigenvalue weighted by Gasteiger charge is 2.17. The van der Waals surface area contributed by atoms with Gasteiger partial charge in [-0.05, 0) is 74.8 Å². The number of rotatable bonds is 3. The van der Waals surface area contributed by atoms with Gasteiger partial charge >= 0.3 is 0 Å². The number of H-pyrrole nitrogens is 1. The summed E-state index contributed by atoms with van der Waals surface area (Å²) in [6, 6.07) is 12.3. The lowest BCUT2D eigenvalue weighted by Gasteiger charge is -2.35. The number of benzene rings is 2. The van der Waals surface area contributed by atoms with Crippen molar-refractivity contribution in [2.75, 3.05) is 43.4 Å². The maximum absolute atomic E-state index is 12.8. The molecule has 5 heteroatoms. The molecule has 0 radical (unpaired) electrons. The van der Waals surface area contributed by atoms with Crippen LogP contribution in [0, 0.1) is 20.8 Å². The van der Waals surface area contributed by atoms with Crippen LogP contribution in [0.25, 0.3) is 10.9 Å². The number of carbonyl (C=O) groups is 1. The molecule has 1 aromatic heterocycles. The number of nitrogens with one attached hydrogen (secondary N) is 2. The van der Waals surface area contributed by atoms with Crippen LogP contribution in [0.15, 0.2) is 36.4 Å².